The third-order valence-corrected chi connectivity index (χ3v) is 8.05. The third kappa shape index (κ3) is 5.73. The number of hydrogen-bond acceptors (Lipinski definition) is 7. The van der Waals surface area contributed by atoms with Gasteiger partial charge >= 0.3 is 12.4 Å². The van der Waals surface area contributed by atoms with E-state index in [1.807, 2.05) is 4.90 Å². The van der Waals surface area contributed by atoms with E-state index in [4.69, 9.17) is 4.74 Å². The molecule has 190 valence electrons. The molecule has 1 atom stereocenters. The van der Waals surface area contributed by atoms with Crippen molar-refractivity contribution in [2.75, 3.05) is 24.9 Å². The van der Waals surface area contributed by atoms with Crippen molar-refractivity contribution in [3.05, 3.63) is 47.7 Å². The van der Waals surface area contributed by atoms with E-state index in [2.05, 4.69) is 14.4 Å². The number of halogens is 6. The van der Waals surface area contributed by atoms with Gasteiger partial charge in [0.2, 0.25) is 5.76 Å². The van der Waals surface area contributed by atoms with Crippen LogP contribution in [0.15, 0.2) is 45.1 Å². The van der Waals surface area contributed by atoms with Gasteiger partial charge in [-0.3, -0.25) is 4.72 Å². The number of sulfonamides is 1. The molecule has 0 unspecified atom stereocenters. The van der Waals surface area contributed by atoms with Gasteiger partial charge in [-0.15, -0.1) is 11.3 Å². The van der Waals surface area contributed by atoms with Crippen LogP contribution >= 0.6 is 11.3 Å². The zero-order chi connectivity index (χ0) is 25.6. The monoisotopic (exact) mass is 541 g/mol. The first-order valence-electron chi connectivity index (χ1n) is 9.96. The zero-order valence-corrected chi connectivity index (χ0v) is 19.4. The van der Waals surface area contributed by atoms with Gasteiger partial charge in [0.25, 0.3) is 10.0 Å². The first-order valence-corrected chi connectivity index (χ1v) is 12.3. The van der Waals surface area contributed by atoms with Crippen molar-refractivity contribution < 1.29 is 44.0 Å². The number of hydrogen-bond donors (Lipinski definition) is 1. The molecule has 3 heterocycles. The van der Waals surface area contributed by atoms with Crippen LogP contribution in [0.1, 0.15) is 17.7 Å². The second-order valence-corrected chi connectivity index (χ2v) is 10.8. The fourth-order valence-electron chi connectivity index (χ4n) is 3.42. The zero-order valence-electron chi connectivity index (χ0n) is 17.8. The number of rotatable bonds is 6. The van der Waals surface area contributed by atoms with E-state index in [1.165, 1.54) is 6.07 Å². The molecule has 1 aromatic carbocycles. The van der Waals surface area contributed by atoms with Gasteiger partial charge in [0.1, 0.15) is 21.8 Å². The molecule has 0 radical (unpaired) electrons. The third-order valence-electron chi connectivity index (χ3n) is 5.07. The minimum atomic E-state index is -4.75. The number of likely N-dealkylation sites (tertiary alicyclic amines) is 1. The second-order valence-electron chi connectivity index (χ2n) is 7.80. The number of nitrogens with zero attached hydrogens (tertiary/aromatic N) is 2. The lowest BCUT2D eigenvalue weighted by molar-refractivity contribution is -0.155. The Hall–Kier alpha value is -2.78. The molecule has 0 aliphatic carbocycles. The van der Waals surface area contributed by atoms with Gasteiger partial charge in [0.15, 0.2) is 0 Å². The molecule has 7 nitrogen and oxygen atoms in total. The summed E-state index contributed by atoms with van der Waals surface area (Å²) < 4.78 is 116. The highest BCUT2D eigenvalue weighted by Crippen LogP contribution is 2.40. The van der Waals surface area contributed by atoms with E-state index in [-0.39, 0.29) is 20.5 Å². The lowest BCUT2D eigenvalue weighted by Crippen LogP contribution is -2.23. The molecule has 0 spiro atoms. The Morgan fingerprint density at radius 3 is 2.46 bits per heavy atom. The summed E-state index contributed by atoms with van der Waals surface area (Å²) >= 11 is 0.617. The van der Waals surface area contributed by atoms with Gasteiger partial charge in [-0.1, -0.05) is 5.16 Å². The fraction of sp³-hybridized carbons (Fsp3) is 0.350. The SMILES string of the molecule is CN1CC[C@@H](Oc2cc(NS(=O)(=O)c3ccc(-c4cc(C(F)(F)F)on4)s3)ccc2C(F)(F)F)C1. The highest BCUT2D eigenvalue weighted by molar-refractivity contribution is 7.94. The predicted octanol–water partition coefficient (Wildman–Crippen LogP) is 5.32. The minimum absolute atomic E-state index is 0.0893. The Morgan fingerprint density at radius 2 is 1.86 bits per heavy atom. The maximum absolute atomic E-state index is 13.5. The van der Waals surface area contributed by atoms with Crippen molar-refractivity contribution in [2.24, 2.45) is 0 Å². The van der Waals surface area contributed by atoms with E-state index in [1.54, 1.807) is 7.05 Å². The van der Waals surface area contributed by atoms with E-state index >= 15 is 0 Å². The van der Waals surface area contributed by atoms with Crippen LogP contribution in [0.2, 0.25) is 0 Å². The molecule has 1 aliphatic rings. The van der Waals surface area contributed by atoms with Gasteiger partial charge in [-0.05, 0) is 37.7 Å². The van der Waals surface area contributed by atoms with E-state index in [9.17, 15) is 34.8 Å². The number of thiophene rings is 1. The molecule has 1 saturated heterocycles. The largest absolute Gasteiger partial charge is 0.488 e. The Labute approximate surface area is 199 Å². The Bertz CT molecular complexity index is 1320. The van der Waals surface area contributed by atoms with Crippen LogP contribution in [0.5, 0.6) is 5.75 Å². The number of ether oxygens (including phenoxy) is 1. The second kappa shape index (κ2) is 9.02. The van der Waals surface area contributed by atoms with Crippen molar-refractivity contribution in [2.45, 2.75) is 29.1 Å². The number of aromatic nitrogens is 1. The predicted molar refractivity (Wildman–Crippen MR) is 114 cm³/mol. The lowest BCUT2D eigenvalue weighted by atomic mass is 10.1. The molecule has 0 saturated carbocycles. The van der Waals surface area contributed by atoms with Crippen molar-refractivity contribution >= 4 is 27.0 Å². The van der Waals surface area contributed by atoms with Crippen molar-refractivity contribution in [1.82, 2.24) is 10.1 Å². The van der Waals surface area contributed by atoms with Crippen LogP contribution in [-0.2, 0) is 22.4 Å². The summed E-state index contributed by atoms with van der Waals surface area (Å²) in [6.07, 6.45) is -9.45. The van der Waals surface area contributed by atoms with Crippen LogP contribution < -0.4 is 9.46 Å². The number of benzene rings is 1. The molecule has 1 aliphatic heterocycles. The summed E-state index contributed by atoms with van der Waals surface area (Å²) in [4.78, 5) is 1.98. The number of alkyl halides is 6. The number of nitrogens with one attached hydrogen (secondary N) is 1. The summed E-state index contributed by atoms with van der Waals surface area (Å²) in [5, 5.41) is 3.30. The average molecular weight is 541 g/mol. The van der Waals surface area contributed by atoms with Gasteiger partial charge < -0.3 is 14.2 Å². The molecule has 15 heteroatoms. The number of likely N-dealkylation sites (N-methyl/N-ethyl adjacent to an activating group) is 1. The van der Waals surface area contributed by atoms with Crippen LogP contribution in [0.4, 0.5) is 32.0 Å². The highest BCUT2D eigenvalue weighted by atomic mass is 32.2. The van der Waals surface area contributed by atoms with E-state index < -0.39 is 45.6 Å². The number of anilines is 1. The van der Waals surface area contributed by atoms with Gasteiger partial charge in [0, 0.05) is 25.2 Å². The molecule has 3 aromatic rings. The highest BCUT2D eigenvalue weighted by Gasteiger charge is 2.37. The molecule has 1 fully saturated rings. The lowest BCUT2D eigenvalue weighted by Gasteiger charge is -2.19. The molecule has 2 aromatic heterocycles. The fourth-order valence-corrected chi connectivity index (χ4v) is 5.73. The summed E-state index contributed by atoms with van der Waals surface area (Å²) in [6, 6.07) is 5.65. The molecular weight excluding hydrogens is 524 g/mol. The van der Waals surface area contributed by atoms with Gasteiger partial charge in [-0.25, -0.2) is 8.42 Å². The summed E-state index contributed by atoms with van der Waals surface area (Å²) in [5.74, 6) is -1.85. The molecule has 1 N–H and O–H groups in total. The van der Waals surface area contributed by atoms with Gasteiger partial charge in [-0.2, -0.15) is 26.3 Å². The first kappa shape index (κ1) is 25.3. The van der Waals surface area contributed by atoms with E-state index in [0.717, 1.165) is 24.3 Å². The Kier molecular flexibility index (Phi) is 6.53. The Morgan fingerprint density at radius 1 is 1.11 bits per heavy atom. The normalized spacial score (nSPS) is 17.6. The average Bonchev–Trinajstić information content (AvgIpc) is 3.47. The Balaban J connectivity index is 1.57. The molecule has 0 amide bonds. The first-order chi connectivity index (χ1) is 16.2. The maximum atomic E-state index is 13.5. The van der Waals surface area contributed by atoms with Crippen LogP contribution in [0.25, 0.3) is 10.6 Å². The summed E-state index contributed by atoms with van der Waals surface area (Å²) in [6.45, 7) is 1.07. The standard InChI is InChI=1S/C20H17F6N3O4S2/c1-29-7-6-12(10-29)32-15-8-11(2-3-13(15)19(21,22)23)28-35(30,31)18-5-4-16(34-18)14-9-17(33-27-14)20(24,25)26/h2-5,8-9,12,28H,6-7,10H2,1H3/t12-/m1/s1. The van der Waals surface area contributed by atoms with Crippen LogP contribution in [0.3, 0.4) is 0 Å². The molecular formula is C20H17F6N3O4S2. The topological polar surface area (TPSA) is 84.7 Å². The summed E-state index contributed by atoms with van der Waals surface area (Å²) in [7, 11) is -2.48. The minimum Gasteiger partial charge on any atom is -0.488 e. The van der Waals surface area contributed by atoms with Crippen LogP contribution in [0, 0.1) is 0 Å². The molecule has 0 bridgehead atoms. The van der Waals surface area contributed by atoms with Gasteiger partial charge in [0.05, 0.1) is 16.1 Å². The maximum Gasteiger partial charge on any atom is 0.452 e. The quantitative estimate of drug-likeness (QED) is 0.425. The van der Waals surface area contributed by atoms with Crippen molar-refractivity contribution in [3.8, 4) is 16.3 Å². The van der Waals surface area contributed by atoms with Crippen molar-refractivity contribution in [1.29, 1.82) is 0 Å². The van der Waals surface area contributed by atoms with E-state index in [0.29, 0.717) is 36.9 Å². The summed E-state index contributed by atoms with van der Waals surface area (Å²) in [5.41, 5.74) is -1.43. The molecule has 35 heavy (non-hydrogen) atoms. The smallest absolute Gasteiger partial charge is 0.452 e. The molecule has 4 rings (SSSR count). The van der Waals surface area contributed by atoms with Crippen LogP contribution in [-0.4, -0.2) is 44.7 Å². The van der Waals surface area contributed by atoms with Crippen molar-refractivity contribution in [3.63, 3.8) is 0 Å².